The Morgan fingerprint density at radius 1 is 0.857 bits per heavy atom. The Labute approximate surface area is 121 Å². The predicted octanol–water partition coefficient (Wildman–Crippen LogP) is 5.00. The van der Waals surface area contributed by atoms with Gasteiger partial charge in [0.2, 0.25) is 0 Å². The van der Waals surface area contributed by atoms with E-state index in [1.807, 2.05) is 37.3 Å². The van der Waals surface area contributed by atoms with Gasteiger partial charge in [0.05, 0.1) is 5.69 Å². The summed E-state index contributed by atoms with van der Waals surface area (Å²) in [4.78, 5) is 4.28. The van der Waals surface area contributed by atoms with Crippen LogP contribution in [0.4, 0.5) is 8.78 Å². The van der Waals surface area contributed by atoms with Crippen LogP contribution in [0.5, 0.6) is 0 Å². The van der Waals surface area contributed by atoms with E-state index >= 15 is 0 Å². The van der Waals surface area contributed by atoms with Crippen LogP contribution in [0.15, 0.2) is 60.8 Å². The molecular weight excluding hydrogens is 268 g/mol. The molecule has 0 aliphatic rings. The third-order valence-electron chi connectivity index (χ3n) is 3.40. The Morgan fingerprint density at radius 3 is 2.33 bits per heavy atom. The van der Waals surface area contributed by atoms with Crippen molar-refractivity contribution < 1.29 is 8.78 Å². The highest BCUT2D eigenvalue weighted by Gasteiger charge is 2.10. The van der Waals surface area contributed by atoms with E-state index in [0.717, 1.165) is 28.8 Å². The summed E-state index contributed by atoms with van der Waals surface area (Å²) in [7, 11) is 0. The summed E-state index contributed by atoms with van der Waals surface area (Å²) in [5.41, 5.74) is 3.61. The SMILES string of the molecule is Cc1cc(-c2cc(F)ccc2F)ncc1-c1ccccc1. The normalized spacial score (nSPS) is 10.6. The van der Waals surface area contributed by atoms with Gasteiger partial charge in [-0.25, -0.2) is 8.78 Å². The zero-order chi connectivity index (χ0) is 14.8. The summed E-state index contributed by atoms with van der Waals surface area (Å²) in [5.74, 6) is -0.950. The zero-order valence-corrected chi connectivity index (χ0v) is 11.5. The second-order valence-electron chi connectivity index (χ2n) is 4.87. The molecule has 0 saturated carbocycles. The molecule has 3 heteroatoms. The van der Waals surface area contributed by atoms with E-state index < -0.39 is 11.6 Å². The van der Waals surface area contributed by atoms with Gasteiger partial charge in [-0.15, -0.1) is 0 Å². The van der Waals surface area contributed by atoms with Gasteiger partial charge in [-0.05, 0) is 42.3 Å². The Hall–Kier alpha value is -2.55. The van der Waals surface area contributed by atoms with E-state index in [1.54, 1.807) is 12.3 Å². The number of rotatable bonds is 2. The number of aryl methyl sites for hydroxylation is 1. The molecule has 3 aromatic rings. The van der Waals surface area contributed by atoms with E-state index in [-0.39, 0.29) is 5.56 Å². The summed E-state index contributed by atoms with van der Waals surface area (Å²) < 4.78 is 27.1. The molecular formula is C18H13F2N. The third-order valence-corrected chi connectivity index (χ3v) is 3.40. The Kier molecular flexibility index (Phi) is 3.48. The number of hydrogen-bond acceptors (Lipinski definition) is 1. The first-order valence-electron chi connectivity index (χ1n) is 6.62. The lowest BCUT2D eigenvalue weighted by atomic mass is 10.0. The molecule has 0 N–H and O–H groups in total. The van der Waals surface area contributed by atoms with Crippen molar-refractivity contribution in [2.24, 2.45) is 0 Å². The molecule has 0 spiro atoms. The Bertz CT molecular complexity index is 782. The molecule has 3 rings (SSSR count). The molecule has 0 fully saturated rings. The van der Waals surface area contributed by atoms with E-state index in [4.69, 9.17) is 0 Å². The van der Waals surface area contributed by atoms with Gasteiger partial charge in [0.25, 0.3) is 0 Å². The Balaban J connectivity index is 2.08. The lowest BCUT2D eigenvalue weighted by molar-refractivity contribution is 0.602. The molecule has 1 heterocycles. The fourth-order valence-electron chi connectivity index (χ4n) is 2.32. The number of pyridine rings is 1. The summed E-state index contributed by atoms with van der Waals surface area (Å²) >= 11 is 0. The maximum absolute atomic E-state index is 13.8. The lowest BCUT2D eigenvalue weighted by Gasteiger charge is -2.09. The third kappa shape index (κ3) is 2.68. The van der Waals surface area contributed by atoms with Crippen molar-refractivity contribution in [3.8, 4) is 22.4 Å². The highest BCUT2D eigenvalue weighted by molar-refractivity contribution is 5.70. The van der Waals surface area contributed by atoms with Gasteiger partial charge in [0.15, 0.2) is 0 Å². The molecule has 0 amide bonds. The maximum Gasteiger partial charge on any atom is 0.132 e. The quantitative estimate of drug-likeness (QED) is 0.644. The van der Waals surface area contributed by atoms with Crippen LogP contribution in [0.2, 0.25) is 0 Å². The summed E-state index contributed by atoms with van der Waals surface area (Å²) in [6.45, 7) is 1.94. The number of nitrogens with zero attached hydrogens (tertiary/aromatic N) is 1. The second-order valence-corrected chi connectivity index (χ2v) is 4.87. The standard InChI is InChI=1S/C18H13F2N/c1-12-9-18(15-10-14(19)7-8-17(15)20)21-11-16(12)13-5-3-2-4-6-13/h2-11H,1H3. The van der Waals surface area contributed by atoms with Crippen molar-refractivity contribution in [1.29, 1.82) is 0 Å². The van der Waals surface area contributed by atoms with Crippen LogP contribution in [0.1, 0.15) is 5.56 Å². The molecule has 0 aliphatic carbocycles. The lowest BCUT2D eigenvalue weighted by Crippen LogP contribution is -1.92. The van der Waals surface area contributed by atoms with E-state index in [0.29, 0.717) is 5.69 Å². The van der Waals surface area contributed by atoms with Gasteiger partial charge < -0.3 is 0 Å². The molecule has 0 atom stereocenters. The average Bonchev–Trinajstić information content (AvgIpc) is 2.50. The van der Waals surface area contributed by atoms with Crippen molar-refractivity contribution >= 4 is 0 Å². The number of hydrogen-bond donors (Lipinski definition) is 0. The van der Waals surface area contributed by atoms with Crippen molar-refractivity contribution in [2.75, 3.05) is 0 Å². The number of benzene rings is 2. The molecule has 0 unspecified atom stereocenters. The average molecular weight is 281 g/mol. The molecule has 2 aromatic carbocycles. The molecule has 0 aliphatic heterocycles. The van der Waals surface area contributed by atoms with Crippen LogP contribution >= 0.6 is 0 Å². The van der Waals surface area contributed by atoms with E-state index in [1.165, 1.54) is 6.07 Å². The van der Waals surface area contributed by atoms with Crippen LogP contribution in [0.25, 0.3) is 22.4 Å². The monoisotopic (exact) mass is 281 g/mol. The minimum Gasteiger partial charge on any atom is -0.255 e. The zero-order valence-electron chi connectivity index (χ0n) is 11.5. The fraction of sp³-hybridized carbons (Fsp3) is 0.0556. The van der Waals surface area contributed by atoms with Crippen LogP contribution in [0.3, 0.4) is 0 Å². The van der Waals surface area contributed by atoms with Crippen LogP contribution < -0.4 is 0 Å². The summed E-state index contributed by atoms with van der Waals surface area (Å²) in [6.07, 6.45) is 1.70. The van der Waals surface area contributed by atoms with Crippen molar-refractivity contribution in [3.05, 3.63) is 78.0 Å². The smallest absolute Gasteiger partial charge is 0.132 e. The van der Waals surface area contributed by atoms with Crippen molar-refractivity contribution in [1.82, 2.24) is 4.98 Å². The van der Waals surface area contributed by atoms with Gasteiger partial charge in [0, 0.05) is 17.3 Å². The molecule has 104 valence electrons. The Morgan fingerprint density at radius 2 is 1.62 bits per heavy atom. The van der Waals surface area contributed by atoms with Gasteiger partial charge >= 0.3 is 0 Å². The van der Waals surface area contributed by atoms with Crippen LogP contribution in [0, 0.1) is 18.6 Å². The van der Waals surface area contributed by atoms with Crippen molar-refractivity contribution in [2.45, 2.75) is 6.92 Å². The van der Waals surface area contributed by atoms with Crippen LogP contribution in [-0.4, -0.2) is 4.98 Å². The first kappa shape index (κ1) is 13.4. The summed E-state index contributed by atoms with van der Waals surface area (Å²) in [6, 6.07) is 15.0. The molecule has 0 saturated heterocycles. The highest BCUT2D eigenvalue weighted by atomic mass is 19.1. The van der Waals surface area contributed by atoms with Gasteiger partial charge in [-0.3, -0.25) is 4.98 Å². The molecule has 1 aromatic heterocycles. The maximum atomic E-state index is 13.8. The van der Waals surface area contributed by atoms with E-state index in [2.05, 4.69) is 4.98 Å². The van der Waals surface area contributed by atoms with Gasteiger partial charge in [-0.2, -0.15) is 0 Å². The molecule has 0 radical (unpaired) electrons. The first-order chi connectivity index (χ1) is 10.1. The molecule has 0 bridgehead atoms. The first-order valence-corrected chi connectivity index (χ1v) is 6.62. The number of aromatic nitrogens is 1. The summed E-state index contributed by atoms with van der Waals surface area (Å²) in [5, 5.41) is 0. The van der Waals surface area contributed by atoms with E-state index in [9.17, 15) is 8.78 Å². The topological polar surface area (TPSA) is 12.9 Å². The van der Waals surface area contributed by atoms with Crippen LogP contribution in [-0.2, 0) is 0 Å². The largest absolute Gasteiger partial charge is 0.255 e. The molecule has 21 heavy (non-hydrogen) atoms. The number of halogens is 2. The highest BCUT2D eigenvalue weighted by Crippen LogP contribution is 2.28. The second kappa shape index (κ2) is 5.44. The molecule has 1 nitrogen and oxygen atoms in total. The predicted molar refractivity (Wildman–Crippen MR) is 79.8 cm³/mol. The van der Waals surface area contributed by atoms with Gasteiger partial charge in [-0.1, -0.05) is 30.3 Å². The fourth-order valence-corrected chi connectivity index (χ4v) is 2.32. The van der Waals surface area contributed by atoms with Gasteiger partial charge in [0.1, 0.15) is 11.6 Å². The minimum absolute atomic E-state index is 0.178. The minimum atomic E-state index is -0.476. The van der Waals surface area contributed by atoms with Crippen molar-refractivity contribution in [3.63, 3.8) is 0 Å².